The minimum Gasteiger partial charge on any atom is -0.493 e. The van der Waals surface area contributed by atoms with Gasteiger partial charge in [-0.15, -0.1) is 0 Å². The second-order valence-corrected chi connectivity index (χ2v) is 7.08. The number of ether oxygens (including phenoxy) is 2. The van der Waals surface area contributed by atoms with E-state index in [2.05, 4.69) is 15.0 Å². The van der Waals surface area contributed by atoms with E-state index in [0.717, 1.165) is 0 Å². The first-order chi connectivity index (χ1) is 12.5. The summed E-state index contributed by atoms with van der Waals surface area (Å²) in [6.07, 6.45) is 1.50. The Morgan fingerprint density at radius 3 is 2.65 bits per heavy atom. The lowest BCUT2D eigenvalue weighted by Gasteiger charge is -2.14. The van der Waals surface area contributed by atoms with E-state index < -0.39 is 16.6 Å². The van der Waals surface area contributed by atoms with Crippen molar-refractivity contribution >= 4 is 27.5 Å². The molecule has 0 radical (unpaired) electrons. The number of aromatic nitrogens is 3. The number of hydrogen-bond acceptors (Lipinski definition) is 6. The van der Waals surface area contributed by atoms with Crippen LogP contribution in [0.3, 0.4) is 0 Å². The zero-order chi connectivity index (χ0) is 18.8. The number of imidazole rings is 1. The Labute approximate surface area is 152 Å². The van der Waals surface area contributed by atoms with Crippen LogP contribution in [0.15, 0.2) is 29.6 Å². The maximum atomic E-state index is 14.5. The number of anilines is 1. The van der Waals surface area contributed by atoms with E-state index in [4.69, 9.17) is 9.47 Å². The third kappa shape index (κ3) is 3.22. The minimum atomic E-state index is -1.60. The van der Waals surface area contributed by atoms with Crippen LogP contribution in [0, 0.1) is 5.82 Å². The predicted molar refractivity (Wildman–Crippen MR) is 97.8 cm³/mol. The molecule has 2 aromatic heterocycles. The van der Waals surface area contributed by atoms with Gasteiger partial charge in [-0.05, 0) is 18.2 Å². The summed E-state index contributed by atoms with van der Waals surface area (Å²) in [7, 11) is 4.90. The average Bonchev–Trinajstić information content (AvgIpc) is 3.06. The molecule has 1 unspecified atom stereocenters. The fraction of sp³-hybridized carbons (Fsp3) is 0.294. The molecule has 0 fully saturated rings. The van der Waals surface area contributed by atoms with E-state index in [0.29, 0.717) is 28.2 Å². The van der Waals surface area contributed by atoms with Crippen molar-refractivity contribution in [2.24, 2.45) is 0 Å². The Hall–Kier alpha value is -2.68. The molecule has 138 valence electrons. The predicted octanol–water partition coefficient (Wildman–Crippen LogP) is 2.49. The third-order valence-corrected chi connectivity index (χ3v) is 5.04. The molecule has 0 aliphatic carbocycles. The van der Waals surface area contributed by atoms with Gasteiger partial charge >= 0.3 is 0 Å². The van der Waals surface area contributed by atoms with Gasteiger partial charge in [0.15, 0.2) is 22.5 Å². The molecule has 1 N–H and O–H groups in total. The lowest BCUT2D eigenvalue weighted by atomic mass is 10.2. The van der Waals surface area contributed by atoms with E-state index in [9.17, 15) is 8.60 Å². The molecule has 0 saturated carbocycles. The zero-order valence-corrected chi connectivity index (χ0v) is 15.7. The molecule has 1 aromatic carbocycles. The van der Waals surface area contributed by atoms with Crippen LogP contribution in [-0.4, -0.2) is 47.5 Å². The van der Waals surface area contributed by atoms with E-state index in [1.54, 1.807) is 37.2 Å². The van der Waals surface area contributed by atoms with Gasteiger partial charge < -0.3 is 19.4 Å². The number of aromatic amines is 1. The van der Waals surface area contributed by atoms with Crippen LogP contribution in [0.5, 0.6) is 11.5 Å². The molecular formula is C17H19FN4O3S. The summed E-state index contributed by atoms with van der Waals surface area (Å²) in [4.78, 5) is 13.0. The summed E-state index contributed by atoms with van der Waals surface area (Å²) in [6, 6.07) is 5.06. The number of benzene rings is 1. The van der Waals surface area contributed by atoms with Gasteiger partial charge in [-0.25, -0.2) is 9.37 Å². The molecule has 0 amide bonds. The molecule has 1 atom stereocenters. The van der Waals surface area contributed by atoms with E-state index >= 15 is 0 Å². The molecule has 0 aliphatic rings. The van der Waals surface area contributed by atoms with Gasteiger partial charge in [0.1, 0.15) is 5.52 Å². The molecular weight excluding hydrogens is 359 g/mol. The molecule has 2 heterocycles. The van der Waals surface area contributed by atoms with Crippen molar-refractivity contribution in [3.05, 3.63) is 35.9 Å². The van der Waals surface area contributed by atoms with Gasteiger partial charge in [0.05, 0.1) is 47.7 Å². The van der Waals surface area contributed by atoms with Crippen LogP contribution >= 0.6 is 0 Å². The number of methoxy groups -OCH3 is 2. The van der Waals surface area contributed by atoms with E-state index in [-0.39, 0.29) is 16.6 Å². The number of nitrogens with zero attached hydrogens (tertiary/aromatic N) is 3. The number of hydrogen-bond donors (Lipinski definition) is 1. The van der Waals surface area contributed by atoms with Gasteiger partial charge in [0, 0.05) is 20.3 Å². The van der Waals surface area contributed by atoms with Crippen molar-refractivity contribution < 1.29 is 18.1 Å². The fourth-order valence-electron chi connectivity index (χ4n) is 2.59. The van der Waals surface area contributed by atoms with Crippen molar-refractivity contribution in [2.45, 2.75) is 10.9 Å². The van der Waals surface area contributed by atoms with Crippen molar-refractivity contribution in [2.75, 3.05) is 33.2 Å². The highest BCUT2D eigenvalue weighted by Crippen LogP contribution is 2.34. The van der Waals surface area contributed by atoms with Crippen LogP contribution in [0.1, 0.15) is 5.69 Å². The maximum Gasteiger partial charge on any atom is 0.197 e. The van der Waals surface area contributed by atoms with Gasteiger partial charge in [0.2, 0.25) is 0 Å². The Bertz CT molecular complexity index is 974. The van der Waals surface area contributed by atoms with Crippen LogP contribution in [0.4, 0.5) is 10.1 Å². The SMILES string of the molecule is COc1ccc2[nH]c(S(=O)Cc3nccc(N(C)C)c3F)nc2c1OC. The largest absolute Gasteiger partial charge is 0.493 e. The zero-order valence-electron chi connectivity index (χ0n) is 14.9. The van der Waals surface area contributed by atoms with E-state index in [1.807, 2.05) is 0 Å². The quantitative estimate of drug-likeness (QED) is 0.710. The summed E-state index contributed by atoms with van der Waals surface area (Å²) in [5.74, 6) is 0.395. The molecule has 0 bridgehead atoms. The highest BCUT2D eigenvalue weighted by Gasteiger charge is 2.19. The lowest BCUT2D eigenvalue weighted by Crippen LogP contribution is -2.13. The van der Waals surface area contributed by atoms with Gasteiger partial charge in [-0.3, -0.25) is 9.19 Å². The molecule has 3 rings (SSSR count). The van der Waals surface area contributed by atoms with Crippen molar-refractivity contribution in [3.63, 3.8) is 0 Å². The molecule has 0 aliphatic heterocycles. The molecule has 9 heteroatoms. The Morgan fingerprint density at radius 1 is 1.23 bits per heavy atom. The fourth-order valence-corrected chi connectivity index (χ4v) is 3.59. The first-order valence-corrected chi connectivity index (χ1v) is 9.08. The smallest absolute Gasteiger partial charge is 0.197 e. The van der Waals surface area contributed by atoms with Gasteiger partial charge in [-0.2, -0.15) is 0 Å². The molecule has 3 aromatic rings. The molecule has 0 saturated heterocycles. The topological polar surface area (TPSA) is 80.3 Å². The first-order valence-electron chi connectivity index (χ1n) is 7.76. The average molecular weight is 378 g/mol. The number of nitrogens with one attached hydrogen (secondary N) is 1. The molecule has 26 heavy (non-hydrogen) atoms. The Balaban J connectivity index is 1.95. The summed E-state index contributed by atoms with van der Waals surface area (Å²) >= 11 is 0. The highest BCUT2D eigenvalue weighted by atomic mass is 32.2. The second-order valence-electron chi connectivity index (χ2n) is 5.71. The number of fused-ring (bicyclic) bond motifs is 1. The van der Waals surface area contributed by atoms with Gasteiger partial charge in [0.25, 0.3) is 0 Å². The highest BCUT2D eigenvalue weighted by molar-refractivity contribution is 7.84. The monoisotopic (exact) mass is 378 g/mol. The summed E-state index contributed by atoms with van der Waals surface area (Å²) in [6.45, 7) is 0. The second kappa shape index (κ2) is 7.28. The van der Waals surface area contributed by atoms with Crippen LogP contribution in [0.25, 0.3) is 11.0 Å². The van der Waals surface area contributed by atoms with Crippen LogP contribution < -0.4 is 14.4 Å². The Kier molecular flexibility index (Phi) is 5.08. The molecule has 7 nitrogen and oxygen atoms in total. The lowest BCUT2D eigenvalue weighted by molar-refractivity contribution is 0.358. The Morgan fingerprint density at radius 2 is 2.00 bits per heavy atom. The van der Waals surface area contributed by atoms with Crippen molar-refractivity contribution in [1.82, 2.24) is 15.0 Å². The summed E-state index contributed by atoms with van der Waals surface area (Å²) in [5, 5.41) is 0.225. The minimum absolute atomic E-state index is 0.0905. The number of rotatable bonds is 6. The maximum absolute atomic E-state index is 14.5. The number of H-pyrrole nitrogens is 1. The van der Waals surface area contributed by atoms with Crippen molar-refractivity contribution in [1.29, 1.82) is 0 Å². The summed E-state index contributed by atoms with van der Waals surface area (Å²) < 4.78 is 37.8. The standard InChI is InChI=1S/C17H19FN4O3S/c1-22(2)12-7-8-19-11(14(12)18)9-26(23)17-20-10-5-6-13(24-3)16(25-4)15(10)21-17/h5-8H,9H2,1-4H3,(H,20,21). The first kappa shape index (κ1) is 18.1. The van der Waals surface area contributed by atoms with Crippen LogP contribution in [-0.2, 0) is 16.6 Å². The number of halogens is 1. The van der Waals surface area contributed by atoms with E-state index in [1.165, 1.54) is 20.4 Å². The molecule has 0 spiro atoms. The van der Waals surface area contributed by atoms with Crippen molar-refractivity contribution in [3.8, 4) is 11.5 Å². The summed E-state index contributed by atoms with van der Waals surface area (Å²) in [5.41, 5.74) is 1.68. The van der Waals surface area contributed by atoms with Crippen LogP contribution in [0.2, 0.25) is 0 Å². The van der Waals surface area contributed by atoms with Gasteiger partial charge in [-0.1, -0.05) is 0 Å². The third-order valence-electron chi connectivity index (χ3n) is 3.88. The normalized spacial score (nSPS) is 12.2. The number of pyridine rings is 1.